The minimum atomic E-state index is -3.21. The molecule has 0 atom stereocenters. The number of benzene rings is 1. The first-order valence-electron chi connectivity index (χ1n) is 5.40. The number of rotatable bonds is 4. The standard InChI is InChI=1S/C12H19NO2S/c1-5-13-8-16(14,15)12-10(3)6-9(2)7-11(12)4/h6-7,13H,5,8H2,1-4H3. The zero-order valence-corrected chi connectivity index (χ0v) is 11.1. The van der Waals surface area contributed by atoms with Crippen molar-refractivity contribution in [1.29, 1.82) is 0 Å². The first-order valence-corrected chi connectivity index (χ1v) is 7.05. The third kappa shape index (κ3) is 2.83. The van der Waals surface area contributed by atoms with E-state index in [1.165, 1.54) is 0 Å². The summed E-state index contributed by atoms with van der Waals surface area (Å²) < 4.78 is 24.2. The van der Waals surface area contributed by atoms with Gasteiger partial charge in [-0.05, 0) is 38.4 Å². The highest BCUT2D eigenvalue weighted by Gasteiger charge is 2.19. The Bertz CT molecular complexity index is 455. The van der Waals surface area contributed by atoms with E-state index >= 15 is 0 Å². The minimum absolute atomic E-state index is 0.00818. The molecule has 1 aromatic rings. The Balaban J connectivity index is 3.23. The highest BCUT2D eigenvalue weighted by molar-refractivity contribution is 7.91. The first-order chi connectivity index (χ1) is 7.38. The molecule has 0 bridgehead atoms. The highest BCUT2D eigenvalue weighted by Crippen LogP contribution is 2.22. The lowest BCUT2D eigenvalue weighted by Crippen LogP contribution is -2.24. The third-order valence-corrected chi connectivity index (χ3v) is 4.31. The normalized spacial score (nSPS) is 11.8. The number of aryl methyl sites for hydroxylation is 3. The molecule has 0 aliphatic rings. The van der Waals surface area contributed by atoms with E-state index in [0.29, 0.717) is 11.4 Å². The van der Waals surface area contributed by atoms with Gasteiger partial charge in [-0.1, -0.05) is 24.6 Å². The minimum Gasteiger partial charge on any atom is -0.304 e. The van der Waals surface area contributed by atoms with Crippen molar-refractivity contribution < 1.29 is 8.42 Å². The Labute approximate surface area is 97.8 Å². The number of sulfone groups is 1. The van der Waals surface area contributed by atoms with Gasteiger partial charge in [-0.3, -0.25) is 0 Å². The van der Waals surface area contributed by atoms with Gasteiger partial charge in [0.2, 0.25) is 0 Å². The summed E-state index contributed by atoms with van der Waals surface area (Å²) in [6.45, 7) is 8.21. The SMILES string of the molecule is CCNCS(=O)(=O)c1c(C)cc(C)cc1C. The van der Waals surface area contributed by atoms with E-state index in [-0.39, 0.29) is 5.88 Å². The monoisotopic (exact) mass is 241 g/mol. The van der Waals surface area contributed by atoms with Crippen molar-refractivity contribution >= 4 is 9.84 Å². The largest absolute Gasteiger partial charge is 0.304 e. The van der Waals surface area contributed by atoms with Gasteiger partial charge in [0.25, 0.3) is 0 Å². The smallest absolute Gasteiger partial charge is 0.191 e. The van der Waals surface area contributed by atoms with E-state index in [4.69, 9.17) is 0 Å². The van der Waals surface area contributed by atoms with E-state index in [0.717, 1.165) is 16.7 Å². The van der Waals surface area contributed by atoms with Crippen molar-refractivity contribution in [3.63, 3.8) is 0 Å². The summed E-state index contributed by atoms with van der Waals surface area (Å²) in [6, 6.07) is 3.82. The second kappa shape index (κ2) is 4.97. The maximum Gasteiger partial charge on any atom is 0.191 e. The van der Waals surface area contributed by atoms with E-state index in [9.17, 15) is 8.42 Å². The molecule has 0 heterocycles. The Hall–Kier alpha value is -0.870. The van der Waals surface area contributed by atoms with Gasteiger partial charge in [-0.15, -0.1) is 0 Å². The Kier molecular flexibility index (Phi) is 4.10. The molecule has 0 saturated carbocycles. The molecule has 0 unspecified atom stereocenters. The molecule has 1 rings (SSSR count). The van der Waals surface area contributed by atoms with Crippen LogP contribution in [-0.2, 0) is 9.84 Å². The van der Waals surface area contributed by atoms with Crippen LogP contribution in [0.2, 0.25) is 0 Å². The summed E-state index contributed by atoms with van der Waals surface area (Å²) in [5, 5.41) is 2.87. The summed E-state index contributed by atoms with van der Waals surface area (Å²) >= 11 is 0. The quantitative estimate of drug-likeness (QED) is 0.876. The van der Waals surface area contributed by atoms with E-state index in [2.05, 4.69) is 5.32 Å². The van der Waals surface area contributed by atoms with E-state index in [1.54, 1.807) is 0 Å². The van der Waals surface area contributed by atoms with Crippen molar-refractivity contribution in [1.82, 2.24) is 5.32 Å². The predicted molar refractivity (Wildman–Crippen MR) is 66.4 cm³/mol. The zero-order chi connectivity index (χ0) is 12.3. The fourth-order valence-corrected chi connectivity index (χ4v) is 3.68. The van der Waals surface area contributed by atoms with Gasteiger partial charge in [0, 0.05) is 0 Å². The fraction of sp³-hybridized carbons (Fsp3) is 0.500. The number of nitrogens with one attached hydrogen (secondary N) is 1. The lowest BCUT2D eigenvalue weighted by atomic mass is 10.1. The molecular formula is C12H19NO2S. The zero-order valence-electron chi connectivity index (χ0n) is 10.3. The third-order valence-electron chi connectivity index (χ3n) is 2.46. The van der Waals surface area contributed by atoms with Gasteiger partial charge < -0.3 is 5.32 Å². The molecule has 0 fully saturated rings. The van der Waals surface area contributed by atoms with E-state index in [1.807, 2.05) is 39.8 Å². The molecule has 0 spiro atoms. The van der Waals surface area contributed by atoms with Crippen LogP contribution in [0.5, 0.6) is 0 Å². The molecule has 1 N–H and O–H groups in total. The van der Waals surface area contributed by atoms with Crippen molar-refractivity contribution in [2.75, 3.05) is 12.4 Å². The molecule has 0 aromatic heterocycles. The fourth-order valence-electron chi connectivity index (χ4n) is 1.97. The number of hydrogen-bond donors (Lipinski definition) is 1. The molecule has 3 nitrogen and oxygen atoms in total. The van der Waals surface area contributed by atoms with Gasteiger partial charge in [-0.2, -0.15) is 0 Å². The molecule has 16 heavy (non-hydrogen) atoms. The van der Waals surface area contributed by atoms with Crippen LogP contribution in [0.25, 0.3) is 0 Å². The van der Waals surface area contributed by atoms with Crippen LogP contribution in [-0.4, -0.2) is 20.8 Å². The summed E-state index contributed by atoms with van der Waals surface area (Å²) in [7, 11) is -3.21. The van der Waals surface area contributed by atoms with Gasteiger partial charge >= 0.3 is 0 Å². The molecule has 4 heteroatoms. The highest BCUT2D eigenvalue weighted by atomic mass is 32.2. The number of hydrogen-bond acceptors (Lipinski definition) is 3. The Morgan fingerprint density at radius 2 is 1.62 bits per heavy atom. The van der Waals surface area contributed by atoms with Crippen LogP contribution in [0.3, 0.4) is 0 Å². The lowest BCUT2D eigenvalue weighted by molar-refractivity contribution is 0.587. The molecule has 90 valence electrons. The summed E-state index contributed by atoms with van der Waals surface area (Å²) in [5.74, 6) is 0.00818. The summed E-state index contributed by atoms with van der Waals surface area (Å²) in [6.07, 6.45) is 0. The van der Waals surface area contributed by atoms with Crippen LogP contribution >= 0.6 is 0 Å². The average Bonchev–Trinajstić information content (AvgIpc) is 2.12. The maximum absolute atomic E-state index is 12.1. The molecule has 0 amide bonds. The maximum atomic E-state index is 12.1. The average molecular weight is 241 g/mol. The molecule has 0 saturated heterocycles. The Morgan fingerprint density at radius 3 is 2.06 bits per heavy atom. The summed E-state index contributed by atoms with van der Waals surface area (Å²) in [5.41, 5.74) is 2.75. The second-order valence-electron chi connectivity index (χ2n) is 4.09. The topological polar surface area (TPSA) is 46.2 Å². The van der Waals surface area contributed by atoms with Crippen LogP contribution in [0.4, 0.5) is 0 Å². The van der Waals surface area contributed by atoms with Crippen molar-refractivity contribution in [2.24, 2.45) is 0 Å². The van der Waals surface area contributed by atoms with Crippen LogP contribution in [0, 0.1) is 20.8 Å². The van der Waals surface area contributed by atoms with Gasteiger partial charge in [0.1, 0.15) is 5.88 Å². The van der Waals surface area contributed by atoms with Crippen LogP contribution < -0.4 is 5.32 Å². The first kappa shape index (κ1) is 13.2. The predicted octanol–water partition coefficient (Wildman–Crippen LogP) is 1.95. The molecular weight excluding hydrogens is 222 g/mol. The molecule has 1 aromatic carbocycles. The molecule has 0 aliphatic heterocycles. The summed E-state index contributed by atoms with van der Waals surface area (Å²) in [4.78, 5) is 0.471. The van der Waals surface area contributed by atoms with Gasteiger partial charge in [0.15, 0.2) is 9.84 Å². The van der Waals surface area contributed by atoms with Crippen molar-refractivity contribution in [3.8, 4) is 0 Å². The second-order valence-corrected chi connectivity index (χ2v) is 6.02. The molecule has 0 radical (unpaired) electrons. The lowest BCUT2D eigenvalue weighted by Gasteiger charge is -2.12. The van der Waals surface area contributed by atoms with Gasteiger partial charge in [-0.25, -0.2) is 8.42 Å². The Morgan fingerprint density at radius 1 is 1.12 bits per heavy atom. The van der Waals surface area contributed by atoms with Crippen molar-refractivity contribution in [2.45, 2.75) is 32.6 Å². The van der Waals surface area contributed by atoms with Crippen LogP contribution in [0.1, 0.15) is 23.6 Å². The molecule has 0 aliphatic carbocycles. The van der Waals surface area contributed by atoms with Crippen LogP contribution in [0.15, 0.2) is 17.0 Å². The van der Waals surface area contributed by atoms with Crippen molar-refractivity contribution in [3.05, 3.63) is 28.8 Å². The van der Waals surface area contributed by atoms with E-state index < -0.39 is 9.84 Å². The van der Waals surface area contributed by atoms with Gasteiger partial charge in [0.05, 0.1) is 4.90 Å².